The molecule has 1 fully saturated rings. The summed E-state index contributed by atoms with van der Waals surface area (Å²) in [4.78, 5) is 25.6. The Kier molecular flexibility index (Phi) is 7.10. The van der Waals surface area contributed by atoms with E-state index in [9.17, 15) is 9.18 Å². The molecule has 0 unspecified atom stereocenters. The number of terminal acetylenes is 1. The number of carbonyl (C=O) groups is 1. The Hall–Kier alpha value is -3.99. The summed E-state index contributed by atoms with van der Waals surface area (Å²) < 4.78 is 14.0. The van der Waals surface area contributed by atoms with E-state index in [4.69, 9.17) is 6.42 Å². The fraction of sp³-hybridized carbons (Fsp3) is 0.280. The van der Waals surface area contributed by atoms with Gasteiger partial charge in [0.05, 0.1) is 29.3 Å². The van der Waals surface area contributed by atoms with Crippen molar-refractivity contribution in [1.82, 2.24) is 15.0 Å². The van der Waals surface area contributed by atoms with Gasteiger partial charge in [-0.25, -0.2) is 19.3 Å². The Bertz CT molecular complexity index is 1150. The number of amides is 1. The van der Waals surface area contributed by atoms with Crippen LogP contribution in [0.25, 0.3) is 0 Å². The highest BCUT2D eigenvalue weighted by Crippen LogP contribution is 2.27. The third-order valence-electron chi connectivity index (χ3n) is 5.63. The summed E-state index contributed by atoms with van der Waals surface area (Å²) in [6, 6.07) is 7.80. The lowest BCUT2D eigenvalue weighted by Gasteiger charge is -2.23. The number of benzene rings is 1. The van der Waals surface area contributed by atoms with Crippen LogP contribution in [0.1, 0.15) is 48.2 Å². The summed E-state index contributed by atoms with van der Waals surface area (Å²) >= 11 is 0. The van der Waals surface area contributed by atoms with Gasteiger partial charge in [0.15, 0.2) is 0 Å². The molecule has 3 aromatic rings. The van der Waals surface area contributed by atoms with Crippen LogP contribution in [0, 0.1) is 24.1 Å². The van der Waals surface area contributed by atoms with Crippen molar-refractivity contribution in [1.29, 1.82) is 0 Å². The molecule has 1 aliphatic rings. The second-order valence-corrected chi connectivity index (χ2v) is 7.99. The zero-order chi connectivity index (χ0) is 23.0. The molecule has 4 rings (SSSR count). The summed E-state index contributed by atoms with van der Waals surface area (Å²) in [6.07, 6.45) is 15.8. The first-order chi connectivity index (χ1) is 16.1. The molecule has 0 aliphatic heterocycles. The van der Waals surface area contributed by atoms with Crippen molar-refractivity contribution >= 4 is 28.9 Å². The van der Waals surface area contributed by atoms with Crippen molar-refractivity contribution in [2.24, 2.45) is 5.92 Å². The molecule has 1 aliphatic carbocycles. The third-order valence-corrected chi connectivity index (χ3v) is 5.63. The van der Waals surface area contributed by atoms with Crippen LogP contribution < -0.4 is 16.0 Å². The average molecular weight is 445 g/mol. The average Bonchev–Trinajstić information content (AvgIpc) is 2.85. The maximum absolute atomic E-state index is 14.0. The lowest BCUT2D eigenvalue weighted by Crippen LogP contribution is -2.20. The maximum atomic E-state index is 14.0. The molecule has 168 valence electrons. The van der Waals surface area contributed by atoms with Crippen molar-refractivity contribution in [3.05, 3.63) is 66.0 Å². The number of para-hydroxylation sites is 1. The van der Waals surface area contributed by atoms with Crippen LogP contribution in [0.15, 0.2) is 48.9 Å². The summed E-state index contributed by atoms with van der Waals surface area (Å²) in [6.45, 7) is 0.750. The summed E-state index contributed by atoms with van der Waals surface area (Å²) in [5.74, 6) is 3.00. The number of nitrogens with zero attached hydrogens (tertiary/aromatic N) is 3. The smallest absolute Gasteiger partial charge is 0.259 e. The third kappa shape index (κ3) is 5.83. The quantitative estimate of drug-likeness (QED) is 0.445. The molecule has 0 radical (unpaired) electrons. The Labute approximate surface area is 192 Å². The molecule has 0 bridgehead atoms. The number of nitrogens with one attached hydrogen (secondary N) is 3. The van der Waals surface area contributed by atoms with E-state index in [-0.39, 0.29) is 5.69 Å². The zero-order valence-corrected chi connectivity index (χ0v) is 18.1. The normalized spacial score (nSPS) is 13.7. The van der Waals surface area contributed by atoms with Gasteiger partial charge >= 0.3 is 0 Å². The lowest BCUT2D eigenvalue weighted by molar-refractivity contribution is 0.102. The van der Waals surface area contributed by atoms with E-state index >= 15 is 0 Å². The van der Waals surface area contributed by atoms with Crippen LogP contribution in [-0.4, -0.2) is 27.4 Å². The van der Waals surface area contributed by atoms with Gasteiger partial charge in [-0.2, -0.15) is 0 Å². The van der Waals surface area contributed by atoms with Crippen LogP contribution in [0.3, 0.4) is 0 Å². The molecule has 2 heterocycles. The lowest BCUT2D eigenvalue weighted by atomic mass is 9.89. The molecule has 0 saturated heterocycles. The Morgan fingerprint density at radius 2 is 1.82 bits per heavy atom. The predicted molar refractivity (Wildman–Crippen MR) is 127 cm³/mol. The van der Waals surface area contributed by atoms with Gasteiger partial charge in [-0.15, -0.1) is 6.42 Å². The molecule has 8 heteroatoms. The van der Waals surface area contributed by atoms with Gasteiger partial charge in [-0.1, -0.05) is 31.4 Å². The van der Waals surface area contributed by atoms with Crippen molar-refractivity contribution in [3.63, 3.8) is 0 Å². The number of hydrogen-bond acceptors (Lipinski definition) is 6. The monoisotopic (exact) mass is 444 g/mol. The SMILES string of the molecule is C#Cc1cnc(Nc2cc(NCC3CCCCC3)c(C(=O)Nc3ccccc3F)cn2)cn1. The fourth-order valence-electron chi connectivity index (χ4n) is 3.85. The van der Waals surface area contributed by atoms with E-state index in [1.165, 1.54) is 50.0 Å². The van der Waals surface area contributed by atoms with E-state index in [0.717, 1.165) is 19.4 Å². The summed E-state index contributed by atoms with van der Waals surface area (Å²) in [7, 11) is 0. The molecule has 1 aromatic carbocycles. The first-order valence-electron chi connectivity index (χ1n) is 11.0. The first-order valence-corrected chi connectivity index (χ1v) is 11.0. The second kappa shape index (κ2) is 10.6. The summed E-state index contributed by atoms with van der Waals surface area (Å²) in [5, 5.41) is 9.12. The Morgan fingerprint density at radius 3 is 2.55 bits per heavy atom. The van der Waals surface area contributed by atoms with E-state index < -0.39 is 11.7 Å². The van der Waals surface area contributed by atoms with Gasteiger partial charge < -0.3 is 16.0 Å². The number of aromatic nitrogens is 3. The van der Waals surface area contributed by atoms with Crippen molar-refractivity contribution in [3.8, 4) is 12.3 Å². The second-order valence-electron chi connectivity index (χ2n) is 7.99. The molecule has 0 spiro atoms. The number of hydrogen-bond donors (Lipinski definition) is 3. The highest BCUT2D eigenvalue weighted by Gasteiger charge is 2.18. The standard InChI is InChI=1S/C25H25FN6O/c1-2-18-14-29-24(16-27-18)32-23-12-22(28-13-17-8-4-3-5-9-17)19(15-30-23)25(33)31-21-11-7-6-10-20(21)26/h1,6-7,10-12,14-17H,3-5,8-9,13H2,(H,31,33)(H2,28,29,30,32). The van der Waals surface area contributed by atoms with Crippen LogP contribution in [0.2, 0.25) is 0 Å². The number of pyridine rings is 1. The van der Waals surface area contributed by atoms with Crippen LogP contribution in [0.4, 0.5) is 27.4 Å². The molecule has 7 nitrogen and oxygen atoms in total. The maximum Gasteiger partial charge on any atom is 0.259 e. The summed E-state index contributed by atoms with van der Waals surface area (Å²) in [5.41, 5.74) is 1.49. The Balaban J connectivity index is 1.56. The number of halogens is 1. The minimum atomic E-state index is -0.497. The molecule has 2 aromatic heterocycles. The van der Waals surface area contributed by atoms with Crippen LogP contribution >= 0.6 is 0 Å². The molecule has 33 heavy (non-hydrogen) atoms. The van der Waals surface area contributed by atoms with Crippen LogP contribution in [0.5, 0.6) is 0 Å². The highest BCUT2D eigenvalue weighted by atomic mass is 19.1. The van der Waals surface area contributed by atoms with Gasteiger partial charge in [-0.05, 0) is 36.8 Å². The van der Waals surface area contributed by atoms with Crippen LogP contribution in [-0.2, 0) is 0 Å². The van der Waals surface area contributed by atoms with E-state index in [2.05, 4.69) is 36.8 Å². The largest absolute Gasteiger partial charge is 0.384 e. The number of anilines is 4. The molecular weight excluding hydrogens is 419 g/mol. The van der Waals surface area contributed by atoms with Gasteiger partial charge in [0, 0.05) is 18.8 Å². The minimum Gasteiger partial charge on any atom is -0.384 e. The van der Waals surface area contributed by atoms with Gasteiger partial charge in [0.25, 0.3) is 5.91 Å². The van der Waals surface area contributed by atoms with E-state index in [1.54, 1.807) is 18.2 Å². The zero-order valence-electron chi connectivity index (χ0n) is 18.1. The molecule has 1 amide bonds. The highest BCUT2D eigenvalue weighted by molar-refractivity contribution is 6.08. The molecule has 3 N–H and O–H groups in total. The van der Waals surface area contributed by atoms with Gasteiger partial charge in [-0.3, -0.25) is 4.79 Å². The molecular formula is C25H25FN6O. The van der Waals surface area contributed by atoms with E-state index in [1.807, 2.05) is 0 Å². The van der Waals surface area contributed by atoms with Crippen molar-refractivity contribution in [2.75, 3.05) is 22.5 Å². The number of carbonyl (C=O) groups excluding carboxylic acids is 1. The van der Waals surface area contributed by atoms with Crippen molar-refractivity contribution < 1.29 is 9.18 Å². The first kappa shape index (κ1) is 22.2. The van der Waals surface area contributed by atoms with Gasteiger partial charge in [0.1, 0.15) is 23.1 Å². The fourth-order valence-corrected chi connectivity index (χ4v) is 3.85. The van der Waals surface area contributed by atoms with E-state index in [0.29, 0.717) is 34.5 Å². The van der Waals surface area contributed by atoms with Crippen molar-refractivity contribution in [2.45, 2.75) is 32.1 Å². The molecule has 1 saturated carbocycles. The van der Waals surface area contributed by atoms with Gasteiger partial charge in [0.2, 0.25) is 0 Å². The predicted octanol–water partition coefficient (Wildman–Crippen LogP) is 4.98. The topological polar surface area (TPSA) is 91.8 Å². The Morgan fingerprint density at radius 1 is 1.03 bits per heavy atom. The minimum absolute atomic E-state index is 0.117. The molecule has 0 atom stereocenters. The number of rotatable bonds is 7.